The number of carbonyl (C=O) groups is 1. The predicted molar refractivity (Wildman–Crippen MR) is 66.9 cm³/mol. The van der Waals surface area contributed by atoms with E-state index < -0.39 is 21.3 Å². The summed E-state index contributed by atoms with van der Waals surface area (Å²) in [5.74, 6) is -1.50. The second-order valence-electron chi connectivity index (χ2n) is 4.57. The highest BCUT2D eigenvalue weighted by molar-refractivity contribution is 7.91. The van der Waals surface area contributed by atoms with E-state index in [4.69, 9.17) is 0 Å². The number of carboxylic acids is 1. The predicted octanol–water partition coefficient (Wildman–Crippen LogP) is 0.418. The molecule has 1 unspecified atom stereocenters. The van der Waals surface area contributed by atoms with Gasteiger partial charge in [-0.2, -0.15) is 0 Å². The van der Waals surface area contributed by atoms with Crippen molar-refractivity contribution in [3.8, 4) is 0 Å². The van der Waals surface area contributed by atoms with Gasteiger partial charge in [-0.1, -0.05) is 30.3 Å². The van der Waals surface area contributed by atoms with Crippen LogP contribution in [-0.2, 0) is 21.2 Å². The van der Waals surface area contributed by atoms with Gasteiger partial charge in [0.15, 0.2) is 9.84 Å². The number of hydrogen-bond acceptors (Lipinski definition) is 4. The van der Waals surface area contributed by atoms with Crippen LogP contribution >= 0.6 is 0 Å². The molecule has 0 bridgehead atoms. The lowest BCUT2D eigenvalue weighted by molar-refractivity contribution is -0.143. The summed E-state index contributed by atoms with van der Waals surface area (Å²) >= 11 is 0. The van der Waals surface area contributed by atoms with Crippen molar-refractivity contribution in [1.29, 1.82) is 0 Å². The zero-order valence-corrected chi connectivity index (χ0v) is 10.6. The van der Waals surface area contributed by atoms with Gasteiger partial charge in [-0.3, -0.25) is 10.1 Å². The van der Waals surface area contributed by atoms with Crippen molar-refractivity contribution >= 4 is 15.8 Å². The maximum atomic E-state index is 11.5. The fourth-order valence-electron chi connectivity index (χ4n) is 2.10. The van der Waals surface area contributed by atoms with Gasteiger partial charge in [0.25, 0.3) is 0 Å². The largest absolute Gasteiger partial charge is 0.480 e. The van der Waals surface area contributed by atoms with E-state index in [1.165, 1.54) is 0 Å². The van der Waals surface area contributed by atoms with E-state index >= 15 is 0 Å². The van der Waals surface area contributed by atoms with Crippen molar-refractivity contribution in [2.75, 3.05) is 11.5 Å². The first-order valence-electron chi connectivity index (χ1n) is 5.66. The molecule has 6 heteroatoms. The van der Waals surface area contributed by atoms with Crippen molar-refractivity contribution in [2.24, 2.45) is 0 Å². The van der Waals surface area contributed by atoms with Crippen LogP contribution in [0.1, 0.15) is 12.0 Å². The molecular weight excluding hydrogens is 254 g/mol. The molecule has 98 valence electrons. The van der Waals surface area contributed by atoms with Gasteiger partial charge in [0, 0.05) is 6.54 Å². The topological polar surface area (TPSA) is 83.5 Å². The lowest BCUT2D eigenvalue weighted by atomic mass is 9.99. The zero-order chi connectivity index (χ0) is 13.2. The van der Waals surface area contributed by atoms with E-state index in [9.17, 15) is 18.3 Å². The van der Waals surface area contributed by atoms with E-state index in [2.05, 4.69) is 5.32 Å². The highest BCUT2D eigenvalue weighted by Crippen LogP contribution is 2.24. The molecular formula is C12H15NO4S. The van der Waals surface area contributed by atoms with Gasteiger partial charge in [-0.25, -0.2) is 8.42 Å². The van der Waals surface area contributed by atoms with E-state index in [0.29, 0.717) is 6.54 Å². The van der Waals surface area contributed by atoms with Gasteiger partial charge in [0.05, 0.1) is 11.5 Å². The van der Waals surface area contributed by atoms with Gasteiger partial charge in [0.1, 0.15) is 5.54 Å². The average molecular weight is 269 g/mol. The maximum absolute atomic E-state index is 11.5. The van der Waals surface area contributed by atoms with Gasteiger partial charge < -0.3 is 5.11 Å². The first-order valence-corrected chi connectivity index (χ1v) is 7.48. The third-order valence-corrected chi connectivity index (χ3v) is 4.95. The first kappa shape index (κ1) is 13.0. The van der Waals surface area contributed by atoms with Crippen LogP contribution in [0.25, 0.3) is 0 Å². The molecule has 0 aliphatic carbocycles. The molecule has 1 aliphatic rings. The van der Waals surface area contributed by atoms with E-state index in [1.54, 1.807) is 0 Å². The number of sulfone groups is 1. The Morgan fingerprint density at radius 1 is 1.33 bits per heavy atom. The van der Waals surface area contributed by atoms with Crippen LogP contribution in [0.15, 0.2) is 30.3 Å². The van der Waals surface area contributed by atoms with Crippen molar-refractivity contribution in [2.45, 2.75) is 18.5 Å². The standard InChI is InChI=1S/C12H15NO4S/c14-11(15)12(6-7-18(16,17)9-12)13-8-10-4-2-1-3-5-10/h1-5,13H,6-9H2,(H,14,15). The summed E-state index contributed by atoms with van der Waals surface area (Å²) in [6.45, 7) is 0.350. The molecule has 1 aliphatic heterocycles. The highest BCUT2D eigenvalue weighted by Gasteiger charge is 2.48. The van der Waals surface area contributed by atoms with E-state index in [1.807, 2.05) is 30.3 Å². The lowest BCUT2D eigenvalue weighted by Gasteiger charge is -2.24. The Balaban J connectivity index is 2.12. The summed E-state index contributed by atoms with van der Waals surface area (Å²) in [4.78, 5) is 11.3. The molecule has 0 radical (unpaired) electrons. The van der Waals surface area contributed by atoms with Gasteiger partial charge in [-0.15, -0.1) is 0 Å². The third kappa shape index (κ3) is 2.70. The van der Waals surface area contributed by atoms with Crippen LogP contribution in [0, 0.1) is 0 Å². The molecule has 1 fully saturated rings. The normalized spacial score (nSPS) is 26.0. The van der Waals surface area contributed by atoms with Crippen LogP contribution in [-0.4, -0.2) is 36.5 Å². The molecule has 1 aromatic rings. The molecule has 1 heterocycles. The number of rotatable bonds is 4. The van der Waals surface area contributed by atoms with E-state index in [0.717, 1.165) is 5.56 Å². The fraction of sp³-hybridized carbons (Fsp3) is 0.417. The Kier molecular flexibility index (Phi) is 3.41. The molecule has 0 spiro atoms. The van der Waals surface area contributed by atoms with Crippen LogP contribution in [0.4, 0.5) is 0 Å². The average Bonchev–Trinajstić information content (AvgIpc) is 2.65. The van der Waals surface area contributed by atoms with Gasteiger partial charge in [-0.05, 0) is 12.0 Å². The summed E-state index contributed by atoms with van der Waals surface area (Å²) in [5.41, 5.74) is -0.406. The molecule has 5 nitrogen and oxygen atoms in total. The number of hydrogen-bond donors (Lipinski definition) is 2. The van der Waals surface area contributed by atoms with Crippen LogP contribution in [0.2, 0.25) is 0 Å². The molecule has 1 saturated heterocycles. The van der Waals surface area contributed by atoms with Crippen molar-refractivity contribution in [1.82, 2.24) is 5.32 Å². The number of nitrogens with one attached hydrogen (secondary N) is 1. The van der Waals surface area contributed by atoms with Gasteiger partial charge in [0.2, 0.25) is 0 Å². The summed E-state index contributed by atoms with van der Waals surface area (Å²) in [5, 5.41) is 12.1. The number of benzene rings is 1. The Bertz CT molecular complexity index is 540. The molecule has 18 heavy (non-hydrogen) atoms. The van der Waals surface area contributed by atoms with Gasteiger partial charge >= 0.3 is 5.97 Å². The Morgan fingerprint density at radius 2 is 2.00 bits per heavy atom. The molecule has 0 aromatic heterocycles. The summed E-state index contributed by atoms with van der Waals surface area (Å²) in [6, 6.07) is 9.32. The molecule has 0 saturated carbocycles. The molecule has 2 rings (SSSR count). The van der Waals surface area contributed by atoms with Crippen LogP contribution in [0.5, 0.6) is 0 Å². The number of carboxylic acid groups (broad SMARTS) is 1. The minimum atomic E-state index is -3.25. The highest BCUT2D eigenvalue weighted by atomic mass is 32.2. The molecule has 0 amide bonds. The number of aliphatic carboxylic acids is 1. The molecule has 1 atom stereocenters. The maximum Gasteiger partial charge on any atom is 0.325 e. The Labute approximate surface area is 106 Å². The summed E-state index contributed by atoms with van der Waals surface area (Å²) < 4.78 is 22.9. The zero-order valence-electron chi connectivity index (χ0n) is 9.80. The van der Waals surface area contributed by atoms with Crippen LogP contribution in [0.3, 0.4) is 0 Å². The quantitative estimate of drug-likeness (QED) is 0.827. The second kappa shape index (κ2) is 4.70. The third-order valence-electron chi connectivity index (χ3n) is 3.19. The molecule has 1 aromatic carbocycles. The van der Waals surface area contributed by atoms with E-state index in [-0.39, 0.29) is 17.9 Å². The van der Waals surface area contributed by atoms with Crippen LogP contribution < -0.4 is 5.32 Å². The second-order valence-corrected chi connectivity index (χ2v) is 6.75. The SMILES string of the molecule is O=C(O)C1(NCc2ccccc2)CCS(=O)(=O)C1. The smallest absolute Gasteiger partial charge is 0.325 e. The lowest BCUT2D eigenvalue weighted by Crippen LogP contribution is -2.52. The minimum absolute atomic E-state index is 0.0684. The Morgan fingerprint density at radius 3 is 2.50 bits per heavy atom. The van der Waals surface area contributed by atoms with Crippen molar-refractivity contribution < 1.29 is 18.3 Å². The minimum Gasteiger partial charge on any atom is -0.480 e. The van der Waals surface area contributed by atoms with Crippen molar-refractivity contribution in [3.63, 3.8) is 0 Å². The monoisotopic (exact) mass is 269 g/mol. The first-order chi connectivity index (χ1) is 8.44. The Hall–Kier alpha value is -1.40. The molecule has 2 N–H and O–H groups in total. The van der Waals surface area contributed by atoms with Crippen molar-refractivity contribution in [3.05, 3.63) is 35.9 Å². The summed E-state index contributed by atoms with van der Waals surface area (Å²) in [6.07, 6.45) is 0.123. The summed E-state index contributed by atoms with van der Waals surface area (Å²) in [7, 11) is -3.25. The fourth-order valence-corrected chi connectivity index (χ4v) is 4.02.